The lowest BCUT2D eigenvalue weighted by Gasteiger charge is -2.28. The van der Waals surface area contributed by atoms with E-state index < -0.39 is 11.8 Å². The predicted octanol–water partition coefficient (Wildman–Crippen LogP) is 0.960. The monoisotopic (exact) mass is 464 g/mol. The highest BCUT2D eigenvalue weighted by molar-refractivity contribution is 6.35. The van der Waals surface area contributed by atoms with Crippen LogP contribution in [0.1, 0.15) is 11.1 Å². The number of amides is 2. The molecule has 0 saturated carbocycles. The Morgan fingerprint density at radius 3 is 1.35 bits per heavy atom. The first kappa shape index (κ1) is 23.4. The first-order valence-corrected chi connectivity index (χ1v) is 11.2. The molecule has 2 N–H and O–H groups in total. The number of rotatable bonds is 6. The molecule has 2 amide bonds. The van der Waals surface area contributed by atoms with E-state index in [0.29, 0.717) is 0 Å². The molecule has 2 fully saturated rings. The van der Waals surface area contributed by atoms with Gasteiger partial charge in [-0.1, -0.05) is 24.3 Å². The number of benzene rings is 2. The highest BCUT2D eigenvalue weighted by atomic mass is 16.5. The zero-order chi connectivity index (χ0) is 23.6. The second-order valence-corrected chi connectivity index (χ2v) is 7.78. The third-order valence-corrected chi connectivity index (χ3v) is 5.50. The first-order valence-electron chi connectivity index (χ1n) is 11.2. The molecule has 2 aromatic rings. The van der Waals surface area contributed by atoms with Crippen LogP contribution >= 0.6 is 0 Å². The molecule has 2 heterocycles. The van der Waals surface area contributed by atoms with Crippen LogP contribution in [0.5, 0.6) is 0 Å². The van der Waals surface area contributed by atoms with Crippen molar-refractivity contribution >= 4 is 35.6 Å². The number of hydrogen-bond acceptors (Lipinski definition) is 8. The second kappa shape index (κ2) is 11.9. The van der Waals surface area contributed by atoms with Gasteiger partial charge in [0.05, 0.1) is 38.9 Å². The number of hydrazone groups is 2. The molecule has 0 aliphatic carbocycles. The van der Waals surface area contributed by atoms with E-state index in [-0.39, 0.29) is 0 Å². The summed E-state index contributed by atoms with van der Waals surface area (Å²) in [5.74, 6) is -1.80. The third kappa shape index (κ3) is 6.63. The fourth-order valence-corrected chi connectivity index (χ4v) is 3.62. The highest BCUT2D eigenvalue weighted by Gasteiger charge is 2.13. The SMILES string of the molecule is O=C(N/N=C/c1ccc(N2CCOCC2)cc1)C(=O)N/N=C/c1ccc(N2CCOCC2)cc1. The lowest BCUT2D eigenvalue weighted by Crippen LogP contribution is -2.36. The zero-order valence-corrected chi connectivity index (χ0v) is 18.9. The van der Waals surface area contributed by atoms with E-state index in [0.717, 1.165) is 75.1 Å². The average Bonchev–Trinajstić information content (AvgIpc) is 2.90. The lowest BCUT2D eigenvalue weighted by atomic mass is 10.2. The normalized spacial score (nSPS) is 16.7. The van der Waals surface area contributed by atoms with Crippen molar-refractivity contribution in [3.8, 4) is 0 Å². The van der Waals surface area contributed by atoms with E-state index in [2.05, 4.69) is 30.9 Å². The molecule has 0 spiro atoms. The minimum atomic E-state index is -0.902. The van der Waals surface area contributed by atoms with E-state index in [1.807, 2.05) is 48.5 Å². The summed E-state index contributed by atoms with van der Waals surface area (Å²) in [5.41, 5.74) is 8.23. The van der Waals surface area contributed by atoms with Crippen molar-refractivity contribution in [3.05, 3.63) is 59.7 Å². The van der Waals surface area contributed by atoms with Crippen LogP contribution in [0.2, 0.25) is 0 Å². The zero-order valence-electron chi connectivity index (χ0n) is 18.9. The number of carbonyl (C=O) groups is 2. The molecule has 2 aliphatic heterocycles. The smallest absolute Gasteiger partial charge is 0.331 e. The maximum Gasteiger partial charge on any atom is 0.331 e. The topological polar surface area (TPSA) is 108 Å². The van der Waals surface area contributed by atoms with Gasteiger partial charge in [0.2, 0.25) is 0 Å². The van der Waals surface area contributed by atoms with Gasteiger partial charge in [0.25, 0.3) is 0 Å². The molecule has 0 unspecified atom stereocenters. The van der Waals surface area contributed by atoms with Crippen LogP contribution in [-0.2, 0) is 19.1 Å². The maximum absolute atomic E-state index is 11.9. The van der Waals surface area contributed by atoms with Gasteiger partial charge in [-0.05, 0) is 35.4 Å². The van der Waals surface area contributed by atoms with Gasteiger partial charge < -0.3 is 19.3 Å². The molecule has 34 heavy (non-hydrogen) atoms. The number of nitrogens with one attached hydrogen (secondary N) is 2. The van der Waals surface area contributed by atoms with Crippen molar-refractivity contribution in [3.63, 3.8) is 0 Å². The van der Waals surface area contributed by atoms with Gasteiger partial charge >= 0.3 is 11.8 Å². The summed E-state index contributed by atoms with van der Waals surface area (Å²) in [7, 11) is 0. The van der Waals surface area contributed by atoms with Gasteiger partial charge in [-0.25, -0.2) is 10.9 Å². The number of anilines is 2. The molecule has 4 rings (SSSR count). The van der Waals surface area contributed by atoms with Crippen molar-refractivity contribution in [2.45, 2.75) is 0 Å². The highest BCUT2D eigenvalue weighted by Crippen LogP contribution is 2.17. The number of nitrogens with zero attached hydrogens (tertiary/aromatic N) is 4. The van der Waals surface area contributed by atoms with Crippen molar-refractivity contribution in [1.29, 1.82) is 0 Å². The second-order valence-electron chi connectivity index (χ2n) is 7.78. The van der Waals surface area contributed by atoms with Crippen LogP contribution in [0.15, 0.2) is 58.7 Å². The van der Waals surface area contributed by atoms with Crippen LogP contribution in [0.4, 0.5) is 11.4 Å². The molecular formula is C24H28N6O4. The number of morpholine rings is 2. The maximum atomic E-state index is 11.9. The molecule has 0 atom stereocenters. The summed E-state index contributed by atoms with van der Waals surface area (Å²) in [6, 6.07) is 15.5. The van der Waals surface area contributed by atoms with E-state index in [9.17, 15) is 9.59 Å². The number of carbonyl (C=O) groups excluding carboxylic acids is 2. The molecule has 10 heteroatoms. The minimum absolute atomic E-state index is 0.725. The van der Waals surface area contributed by atoms with E-state index in [4.69, 9.17) is 9.47 Å². The van der Waals surface area contributed by atoms with Crippen LogP contribution in [0.3, 0.4) is 0 Å². The predicted molar refractivity (Wildman–Crippen MR) is 130 cm³/mol. The van der Waals surface area contributed by atoms with Crippen molar-refractivity contribution in [1.82, 2.24) is 10.9 Å². The van der Waals surface area contributed by atoms with E-state index in [1.54, 1.807) is 0 Å². The van der Waals surface area contributed by atoms with Gasteiger partial charge in [0, 0.05) is 37.6 Å². The van der Waals surface area contributed by atoms with E-state index >= 15 is 0 Å². The van der Waals surface area contributed by atoms with Crippen molar-refractivity contribution < 1.29 is 19.1 Å². The fraction of sp³-hybridized carbons (Fsp3) is 0.333. The summed E-state index contributed by atoms with van der Waals surface area (Å²) in [6.07, 6.45) is 2.96. The van der Waals surface area contributed by atoms with Crippen molar-refractivity contribution in [2.24, 2.45) is 10.2 Å². The molecule has 0 radical (unpaired) electrons. The average molecular weight is 465 g/mol. The van der Waals surface area contributed by atoms with Crippen LogP contribution in [0.25, 0.3) is 0 Å². The fourth-order valence-electron chi connectivity index (χ4n) is 3.62. The molecule has 2 aromatic carbocycles. The van der Waals surface area contributed by atoms with Gasteiger partial charge in [-0.3, -0.25) is 9.59 Å². The Labute approximate surface area is 198 Å². The lowest BCUT2D eigenvalue weighted by molar-refractivity contribution is -0.139. The Hall–Kier alpha value is -3.76. The largest absolute Gasteiger partial charge is 0.378 e. The van der Waals surface area contributed by atoms with Gasteiger partial charge in [0.1, 0.15) is 0 Å². The molecule has 2 aliphatic rings. The Morgan fingerprint density at radius 2 is 1.00 bits per heavy atom. The third-order valence-electron chi connectivity index (χ3n) is 5.50. The molecule has 10 nitrogen and oxygen atoms in total. The summed E-state index contributed by atoms with van der Waals surface area (Å²) in [4.78, 5) is 28.3. The Morgan fingerprint density at radius 1 is 0.647 bits per heavy atom. The minimum Gasteiger partial charge on any atom is -0.378 e. The standard InChI is InChI=1S/C24H28N6O4/c31-23(27-25-17-19-1-5-21(6-2-19)29-9-13-33-14-10-29)24(32)28-26-18-20-3-7-22(8-4-20)30-11-15-34-16-12-30/h1-8,17-18H,9-16H2,(H,27,31)(H,28,32)/b25-17+,26-18+. The van der Waals surface area contributed by atoms with Gasteiger partial charge in [-0.15, -0.1) is 0 Å². The number of ether oxygens (including phenoxy) is 2. The van der Waals surface area contributed by atoms with E-state index in [1.165, 1.54) is 12.4 Å². The Balaban J connectivity index is 1.20. The van der Waals surface area contributed by atoms with Gasteiger partial charge in [0.15, 0.2) is 0 Å². The van der Waals surface area contributed by atoms with Crippen molar-refractivity contribution in [2.75, 3.05) is 62.4 Å². The molecule has 0 aromatic heterocycles. The Kier molecular flexibility index (Phi) is 8.20. The van der Waals surface area contributed by atoms with Crippen LogP contribution in [-0.4, -0.2) is 76.9 Å². The molecule has 0 bridgehead atoms. The number of hydrogen-bond donors (Lipinski definition) is 2. The first-order chi connectivity index (χ1) is 16.7. The molecular weight excluding hydrogens is 436 g/mol. The van der Waals surface area contributed by atoms with Gasteiger partial charge in [-0.2, -0.15) is 10.2 Å². The summed E-state index contributed by atoms with van der Waals surface area (Å²) in [5, 5.41) is 7.68. The van der Waals surface area contributed by atoms with Crippen LogP contribution < -0.4 is 20.7 Å². The summed E-state index contributed by atoms with van der Waals surface area (Å²) in [6.45, 7) is 6.35. The summed E-state index contributed by atoms with van der Waals surface area (Å²) >= 11 is 0. The Bertz CT molecular complexity index is 927. The quantitative estimate of drug-likeness (QED) is 0.375. The van der Waals surface area contributed by atoms with Crippen LogP contribution in [0, 0.1) is 0 Å². The molecule has 178 valence electrons. The molecule has 2 saturated heterocycles. The summed E-state index contributed by atoms with van der Waals surface area (Å²) < 4.78 is 10.7.